The lowest BCUT2D eigenvalue weighted by Crippen LogP contribution is -2.39. The average Bonchev–Trinajstić information content (AvgIpc) is 2.86. The normalized spacial score (nSPS) is 10.9. The molecule has 0 fully saturated rings. The molecule has 0 aliphatic heterocycles. The molecule has 0 bridgehead atoms. The number of nitrogens with two attached hydrogens (primary N) is 1. The van der Waals surface area contributed by atoms with Crippen molar-refractivity contribution in [2.75, 3.05) is 5.73 Å². The number of halogens is 1. The average molecular weight is 338 g/mol. The number of nitrogens with zero attached hydrogens (tertiary/aromatic N) is 2. The Balaban J connectivity index is 1.92. The van der Waals surface area contributed by atoms with E-state index in [1.54, 1.807) is 4.57 Å². The second-order valence-corrected chi connectivity index (χ2v) is 6.29. The Morgan fingerprint density at radius 3 is 2.44 bits per heavy atom. The second-order valence-electron chi connectivity index (χ2n) is 6.29. The van der Waals surface area contributed by atoms with Gasteiger partial charge in [0.1, 0.15) is 24.3 Å². The molecule has 25 heavy (non-hydrogen) atoms. The molecule has 0 atom stereocenters. The van der Waals surface area contributed by atoms with Crippen LogP contribution in [0.5, 0.6) is 0 Å². The van der Waals surface area contributed by atoms with E-state index in [9.17, 15) is 9.18 Å². The number of nitrogen functional groups attached to an aromatic ring is 1. The first kappa shape index (κ1) is 16.9. The SMILES string of the molecule is Cc1ccc(-c2c[n+](CC(=O)c3ccc(F)cc3)c(N)n2C)cc1C. The van der Waals surface area contributed by atoms with Gasteiger partial charge in [-0.15, -0.1) is 0 Å². The topological polar surface area (TPSA) is 51.9 Å². The molecule has 5 heteroatoms. The highest BCUT2D eigenvalue weighted by Gasteiger charge is 2.20. The molecular weight excluding hydrogens is 317 g/mol. The lowest BCUT2D eigenvalue weighted by molar-refractivity contribution is -0.667. The van der Waals surface area contributed by atoms with Gasteiger partial charge >= 0.3 is 5.95 Å². The minimum Gasteiger partial charge on any atom is -0.291 e. The molecule has 4 nitrogen and oxygen atoms in total. The van der Waals surface area contributed by atoms with Gasteiger partial charge in [0.15, 0.2) is 5.78 Å². The molecule has 0 amide bonds. The molecule has 2 aromatic carbocycles. The minimum absolute atomic E-state index is 0.107. The van der Waals surface area contributed by atoms with Gasteiger partial charge in [-0.25, -0.2) is 13.5 Å². The van der Waals surface area contributed by atoms with Crippen LogP contribution in [0.3, 0.4) is 0 Å². The molecule has 0 saturated carbocycles. The summed E-state index contributed by atoms with van der Waals surface area (Å²) in [5, 5.41) is 0. The number of aromatic nitrogens is 2. The number of carbonyl (C=O) groups excluding carboxylic acids is 1. The van der Waals surface area contributed by atoms with Crippen LogP contribution in [0.2, 0.25) is 0 Å². The van der Waals surface area contributed by atoms with Gasteiger partial charge in [0.25, 0.3) is 0 Å². The number of anilines is 1. The Morgan fingerprint density at radius 2 is 1.80 bits per heavy atom. The maximum Gasteiger partial charge on any atom is 0.355 e. The summed E-state index contributed by atoms with van der Waals surface area (Å²) in [5.74, 6) is 0.0121. The van der Waals surface area contributed by atoms with Gasteiger partial charge in [-0.1, -0.05) is 12.1 Å². The first-order chi connectivity index (χ1) is 11.9. The summed E-state index contributed by atoms with van der Waals surface area (Å²) >= 11 is 0. The fourth-order valence-electron chi connectivity index (χ4n) is 2.79. The number of Topliss-reactive ketones (excluding diaryl/α,β-unsaturated/α-hetero) is 1. The molecule has 3 aromatic rings. The summed E-state index contributed by atoms with van der Waals surface area (Å²) in [6.07, 6.45) is 1.88. The van der Waals surface area contributed by atoms with Crippen molar-refractivity contribution in [2.45, 2.75) is 20.4 Å². The van der Waals surface area contributed by atoms with E-state index in [-0.39, 0.29) is 18.1 Å². The van der Waals surface area contributed by atoms with Gasteiger partial charge in [0, 0.05) is 11.1 Å². The summed E-state index contributed by atoms with van der Waals surface area (Å²) < 4.78 is 16.6. The summed E-state index contributed by atoms with van der Waals surface area (Å²) in [7, 11) is 1.87. The maximum atomic E-state index is 13.0. The Bertz CT molecular complexity index is 942. The van der Waals surface area contributed by atoms with E-state index in [1.165, 1.54) is 35.4 Å². The van der Waals surface area contributed by atoms with Crippen molar-refractivity contribution in [3.05, 3.63) is 71.2 Å². The highest BCUT2D eigenvalue weighted by atomic mass is 19.1. The molecule has 2 N–H and O–H groups in total. The van der Waals surface area contributed by atoms with Gasteiger partial charge in [0.05, 0.1) is 7.05 Å². The Labute approximate surface area is 146 Å². The molecule has 0 aliphatic carbocycles. The molecule has 1 aromatic heterocycles. The van der Waals surface area contributed by atoms with Crippen molar-refractivity contribution < 1.29 is 13.8 Å². The number of imidazole rings is 1. The monoisotopic (exact) mass is 338 g/mol. The fourth-order valence-corrected chi connectivity index (χ4v) is 2.79. The fraction of sp³-hybridized carbons (Fsp3) is 0.200. The molecule has 0 unspecified atom stereocenters. The quantitative estimate of drug-likeness (QED) is 0.587. The number of aryl methyl sites for hydroxylation is 2. The first-order valence-corrected chi connectivity index (χ1v) is 8.08. The van der Waals surface area contributed by atoms with Crippen molar-refractivity contribution in [1.82, 2.24) is 4.57 Å². The zero-order chi connectivity index (χ0) is 18.1. The smallest absolute Gasteiger partial charge is 0.291 e. The van der Waals surface area contributed by atoms with Crippen molar-refractivity contribution in [2.24, 2.45) is 7.05 Å². The number of benzene rings is 2. The van der Waals surface area contributed by atoms with Crippen molar-refractivity contribution >= 4 is 11.7 Å². The number of carbonyl (C=O) groups is 1. The molecule has 0 radical (unpaired) electrons. The number of rotatable bonds is 4. The molecule has 0 saturated heterocycles. The Morgan fingerprint density at radius 1 is 1.12 bits per heavy atom. The van der Waals surface area contributed by atoms with Crippen LogP contribution in [0.25, 0.3) is 11.3 Å². The highest BCUT2D eigenvalue weighted by Crippen LogP contribution is 2.22. The Kier molecular flexibility index (Phi) is 4.40. The molecule has 128 valence electrons. The van der Waals surface area contributed by atoms with Crippen LogP contribution in [0.4, 0.5) is 10.3 Å². The Hall–Kier alpha value is -2.95. The van der Waals surface area contributed by atoms with Crippen molar-refractivity contribution in [1.29, 1.82) is 0 Å². The van der Waals surface area contributed by atoms with Crippen LogP contribution < -0.4 is 10.3 Å². The predicted molar refractivity (Wildman–Crippen MR) is 95.7 cm³/mol. The number of hydrogen-bond acceptors (Lipinski definition) is 2. The molecule has 3 rings (SSSR count). The minimum atomic E-state index is -0.361. The van der Waals surface area contributed by atoms with E-state index in [4.69, 9.17) is 5.73 Å². The van der Waals surface area contributed by atoms with Crippen LogP contribution >= 0.6 is 0 Å². The van der Waals surface area contributed by atoms with Crippen LogP contribution in [-0.2, 0) is 13.6 Å². The van der Waals surface area contributed by atoms with Gasteiger partial charge in [0.2, 0.25) is 0 Å². The van der Waals surface area contributed by atoms with E-state index in [0.29, 0.717) is 11.5 Å². The number of hydrogen-bond donors (Lipinski definition) is 1. The summed E-state index contributed by atoms with van der Waals surface area (Å²) in [5.41, 5.74) is 11.0. The largest absolute Gasteiger partial charge is 0.355 e. The van der Waals surface area contributed by atoms with Gasteiger partial charge in [-0.05, 0) is 55.3 Å². The van der Waals surface area contributed by atoms with E-state index < -0.39 is 0 Å². The third-order valence-corrected chi connectivity index (χ3v) is 4.56. The van der Waals surface area contributed by atoms with E-state index >= 15 is 0 Å². The van der Waals surface area contributed by atoms with Crippen molar-refractivity contribution in [3.8, 4) is 11.3 Å². The highest BCUT2D eigenvalue weighted by molar-refractivity contribution is 5.95. The zero-order valence-corrected chi connectivity index (χ0v) is 14.6. The molecule has 0 aliphatic rings. The summed E-state index contributed by atoms with van der Waals surface area (Å²) in [4.78, 5) is 12.4. The molecule has 0 spiro atoms. The third kappa shape index (κ3) is 3.31. The van der Waals surface area contributed by atoms with Gasteiger partial charge < -0.3 is 0 Å². The zero-order valence-electron chi connectivity index (χ0n) is 14.6. The van der Waals surface area contributed by atoms with Crippen LogP contribution in [0.15, 0.2) is 48.7 Å². The summed E-state index contributed by atoms with van der Waals surface area (Å²) in [6, 6.07) is 11.8. The lowest BCUT2D eigenvalue weighted by atomic mass is 10.0. The standard InChI is InChI=1S/C20H20FN3O/c1-13-4-5-16(10-14(13)2)18-11-24(20(22)23(18)3)12-19(25)15-6-8-17(21)9-7-15/h4-11,22H,12H2,1-3H3/p+1. The van der Waals surface area contributed by atoms with Crippen LogP contribution in [0.1, 0.15) is 21.5 Å². The molecular formula is C20H21FN3O+. The van der Waals surface area contributed by atoms with E-state index in [0.717, 1.165) is 11.3 Å². The second kappa shape index (κ2) is 6.51. The predicted octanol–water partition coefficient (Wildman–Crippen LogP) is 3.20. The van der Waals surface area contributed by atoms with Crippen LogP contribution in [0, 0.1) is 19.7 Å². The van der Waals surface area contributed by atoms with E-state index in [1.807, 2.05) is 23.9 Å². The van der Waals surface area contributed by atoms with Gasteiger partial charge in [-0.2, -0.15) is 0 Å². The third-order valence-electron chi connectivity index (χ3n) is 4.56. The van der Waals surface area contributed by atoms with Crippen molar-refractivity contribution in [3.63, 3.8) is 0 Å². The first-order valence-electron chi connectivity index (χ1n) is 8.08. The number of ketones is 1. The molecule has 1 heterocycles. The van der Waals surface area contributed by atoms with E-state index in [2.05, 4.69) is 26.0 Å². The van der Waals surface area contributed by atoms with Gasteiger partial charge in [-0.3, -0.25) is 10.5 Å². The lowest BCUT2D eigenvalue weighted by Gasteiger charge is -2.03. The summed E-state index contributed by atoms with van der Waals surface area (Å²) in [6.45, 7) is 4.24. The van der Waals surface area contributed by atoms with Crippen LogP contribution in [-0.4, -0.2) is 10.4 Å². The maximum absolute atomic E-state index is 13.0.